The summed E-state index contributed by atoms with van der Waals surface area (Å²) in [6.45, 7) is 6.67. The molecule has 0 aromatic heterocycles. The second-order valence-corrected chi connectivity index (χ2v) is 25.0. The molecule has 3 fully saturated rings. The highest BCUT2D eigenvalue weighted by atomic mass is 16.7. The zero-order valence-electron chi connectivity index (χ0n) is 55.7. The van der Waals surface area contributed by atoms with E-state index < -0.39 is 135 Å². The van der Waals surface area contributed by atoms with Gasteiger partial charge < -0.3 is 115 Å². The maximum Gasteiger partial charge on any atom is 0.222 e. The largest absolute Gasteiger partial charge is 0.394 e. The molecule has 0 saturated carbocycles. The van der Waals surface area contributed by atoms with Crippen molar-refractivity contribution in [2.45, 2.75) is 250 Å². The molecule has 96 heavy (non-hydrogen) atoms. The summed E-state index contributed by atoms with van der Waals surface area (Å²) in [6.07, 6.45) is -10.8. The van der Waals surface area contributed by atoms with Crippen molar-refractivity contribution in [3.63, 3.8) is 0 Å². The van der Waals surface area contributed by atoms with Crippen molar-refractivity contribution < 1.29 is 132 Å². The van der Waals surface area contributed by atoms with E-state index in [0.29, 0.717) is 57.9 Å². The Morgan fingerprint density at radius 3 is 0.979 bits per heavy atom. The molecule has 14 N–H and O–H groups in total. The molecule has 556 valence electrons. The standard InChI is InChI=1S/C63H109N5O27.CH4/c1-38(2)31-63(35-87-25-17-42(75)13-7-6-8-14-44(77)19-28-90-60-51(66-39(3)72)57(84)54(81)46(32-69)93-60,36-88-26-18-43(76)15-9-11-24-65-50(80)22-30-92-62-53(68-41(5)74)59(86)56(83)48(34-71)95-62)37-89-27-21-49(79)64-23-12-10-16-45(78)20-29-91-61-52(67-40(4)73)58(85)55(82)47(33-70)94-61;/h38,46-48,51-62,69-71,81-86H,6-37H2,1-5H3,(H,64,79)(H,65,80)(H,66,72)(H,67,73)(H,68,74);1H4/t46?,47?,48?,51-,52-,53-,54-,55-,56-,57?,58?,59?,60+,61+,62+,63?;/m0./s1. The van der Waals surface area contributed by atoms with Gasteiger partial charge in [-0.3, -0.25) is 43.2 Å². The number of carbonyl (C=O) groups excluding carboxylic acids is 9. The van der Waals surface area contributed by atoms with Gasteiger partial charge in [0, 0.05) is 97.1 Å². The number of Topliss-reactive ketones (excluding diaryl/α,β-unsaturated/α-hetero) is 4. The van der Waals surface area contributed by atoms with Gasteiger partial charge in [-0.05, 0) is 50.9 Å². The molecule has 3 rings (SSSR count). The van der Waals surface area contributed by atoms with Crippen LogP contribution in [0.5, 0.6) is 0 Å². The average molecular weight is 1380 g/mol. The summed E-state index contributed by atoms with van der Waals surface area (Å²) in [4.78, 5) is 112. The number of nitrogens with one attached hydrogen (secondary N) is 5. The average Bonchev–Trinajstić information content (AvgIpc) is 0.882. The van der Waals surface area contributed by atoms with Crippen molar-refractivity contribution in [2.24, 2.45) is 11.3 Å². The second-order valence-electron chi connectivity index (χ2n) is 25.0. The predicted molar refractivity (Wildman–Crippen MR) is 340 cm³/mol. The Bertz CT molecular complexity index is 2070. The van der Waals surface area contributed by atoms with E-state index in [2.05, 4.69) is 26.6 Å². The van der Waals surface area contributed by atoms with Gasteiger partial charge in [0.2, 0.25) is 29.5 Å². The molecule has 3 saturated heterocycles. The quantitative estimate of drug-likeness (QED) is 0.0286. The van der Waals surface area contributed by atoms with Gasteiger partial charge in [-0.1, -0.05) is 27.7 Å². The first-order valence-electron chi connectivity index (χ1n) is 33.1. The van der Waals surface area contributed by atoms with Crippen LogP contribution in [-0.4, -0.2) is 283 Å². The minimum atomic E-state index is -1.49. The Morgan fingerprint density at radius 2 is 0.677 bits per heavy atom. The van der Waals surface area contributed by atoms with Gasteiger partial charge in [0.15, 0.2) is 18.9 Å². The lowest BCUT2D eigenvalue weighted by Gasteiger charge is -2.42. The maximum absolute atomic E-state index is 13.0. The maximum atomic E-state index is 13.0. The van der Waals surface area contributed by atoms with Gasteiger partial charge in [-0.25, -0.2) is 0 Å². The summed E-state index contributed by atoms with van der Waals surface area (Å²) < 4.78 is 51.9. The highest BCUT2D eigenvalue weighted by Crippen LogP contribution is 2.30. The normalized spacial score (nSPS) is 26.4. The Kier molecular flexibility index (Phi) is 43.8. The molecule has 0 radical (unpaired) electrons. The molecule has 0 aliphatic carbocycles. The number of ether oxygens (including phenoxy) is 9. The van der Waals surface area contributed by atoms with Gasteiger partial charge in [0.1, 0.15) is 96.2 Å². The van der Waals surface area contributed by atoms with Crippen molar-refractivity contribution in [2.75, 3.05) is 92.4 Å². The molecule has 32 nitrogen and oxygen atoms in total. The predicted octanol–water partition coefficient (Wildman–Crippen LogP) is -2.27. The van der Waals surface area contributed by atoms with Crippen molar-refractivity contribution in [1.82, 2.24) is 26.6 Å². The smallest absolute Gasteiger partial charge is 0.222 e. The number of hydrogen-bond donors (Lipinski definition) is 14. The first kappa shape index (κ1) is 87.4. The van der Waals surface area contributed by atoms with Gasteiger partial charge in [0.05, 0.1) is 85.7 Å². The number of aliphatic hydroxyl groups is 9. The molecule has 3 heterocycles. The Labute approximate surface area is 562 Å². The molecule has 32 heteroatoms. The fourth-order valence-corrected chi connectivity index (χ4v) is 11.1. The summed E-state index contributed by atoms with van der Waals surface area (Å²) in [5.41, 5.74) is -0.748. The number of unbranched alkanes of at least 4 members (excludes halogenated alkanes) is 4. The first-order chi connectivity index (χ1) is 45.2. The van der Waals surface area contributed by atoms with Crippen molar-refractivity contribution in [3.8, 4) is 0 Å². The summed E-state index contributed by atoms with van der Waals surface area (Å²) in [7, 11) is 0. The van der Waals surface area contributed by atoms with E-state index in [-0.39, 0.29) is 179 Å². The van der Waals surface area contributed by atoms with E-state index in [9.17, 15) is 89.1 Å². The van der Waals surface area contributed by atoms with Crippen molar-refractivity contribution >= 4 is 52.7 Å². The molecule has 3 aliphatic heterocycles. The monoisotopic (exact) mass is 1380 g/mol. The summed E-state index contributed by atoms with van der Waals surface area (Å²) in [5, 5.41) is 104. The van der Waals surface area contributed by atoms with E-state index in [1.54, 1.807) is 0 Å². The van der Waals surface area contributed by atoms with E-state index in [0.717, 1.165) is 0 Å². The van der Waals surface area contributed by atoms with Crippen LogP contribution in [0.2, 0.25) is 0 Å². The third kappa shape index (κ3) is 33.4. The van der Waals surface area contributed by atoms with Crippen LogP contribution >= 0.6 is 0 Å². The number of amides is 5. The van der Waals surface area contributed by atoms with Gasteiger partial charge in [0.25, 0.3) is 0 Å². The molecule has 16 atom stereocenters. The number of carbonyl (C=O) groups is 9. The van der Waals surface area contributed by atoms with Crippen molar-refractivity contribution in [1.29, 1.82) is 0 Å². The zero-order valence-corrected chi connectivity index (χ0v) is 55.7. The van der Waals surface area contributed by atoms with Crippen LogP contribution in [0.4, 0.5) is 0 Å². The van der Waals surface area contributed by atoms with Crippen LogP contribution in [0.15, 0.2) is 0 Å². The van der Waals surface area contributed by atoms with Crippen LogP contribution in [0.25, 0.3) is 0 Å². The summed E-state index contributed by atoms with van der Waals surface area (Å²) >= 11 is 0. The lowest BCUT2D eigenvalue weighted by atomic mass is 9.82. The summed E-state index contributed by atoms with van der Waals surface area (Å²) in [6, 6.07) is -3.40. The topological polar surface area (TPSA) is 479 Å². The fraction of sp³-hybridized carbons (Fsp3) is 0.859. The van der Waals surface area contributed by atoms with Gasteiger partial charge in [-0.15, -0.1) is 0 Å². The molecular formula is C64H113N5O27. The number of ketones is 4. The lowest BCUT2D eigenvalue weighted by molar-refractivity contribution is -0.270. The number of hydrogen-bond acceptors (Lipinski definition) is 27. The van der Waals surface area contributed by atoms with Gasteiger partial charge >= 0.3 is 0 Å². The number of rotatable bonds is 51. The van der Waals surface area contributed by atoms with Gasteiger partial charge in [-0.2, -0.15) is 0 Å². The lowest BCUT2D eigenvalue weighted by Crippen LogP contribution is -2.64. The SMILES string of the molecule is C.CC(=O)N[C@H]1C(O)[C@@H](O)C(CO)O[C@H]1OCCC(=O)CCCCCC(=O)CCOCC(COCCC(=O)CCCCNC(=O)CCO[C@@H]1OC(CO)[C@H](O)C(O)[C@@H]1NC(C)=O)(COCCC(=O)NCCCCC(=O)CCO[C@@H]1OC(CO)[C@H](O)C(O)[C@@H]1NC(C)=O)CC(C)C. The van der Waals surface area contributed by atoms with E-state index in [1.807, 2.05) is 13.8 Å². The first-order valence-corrected chi connectivity index (χ1v) is 33.1. The van der Waals surface area contributed by atoms with Crippen molar-refractivity contribution in [3.05, 3.63) is 0 Å². The molecule has 3 aliphatic rings. The second kappa shape index (κ2) is 48.2. The van der Waals surface area contributed by atoms with Crippen LogP contribution in [0, 0.1) is 11.3 Å². The highest BCUT2D eigenvalue weighted by molar-refractivity contribution is 5.80. The molecule has 7 unspecified atom stereocenters. The van der Waals surface area contributed by atoms with E-state index >= 15 is 0 Å². The zero-order chi connectivity index (χ0) is 70.5. The molecule has 0 aromatic rings. The molecular weight excluding hydrogens is 1270 g/mol. The molecule has 0 aromatic carbocycles. The number of aliphatic hydroxyl groups excluding tert-OH is 9. The van der Waals surface area contributed by atoms with Crippen LogP contribution in [-0.2, 0) is 85.8 Å². The van der Waals surface area contributed by atoms with E-state index in [1.165, 1.54) is 20.8 Å². The third-order valence-electron chi connectivity index (χ3n) is 16.1. The highest BCUT2D eigenvalue weighted by Gasteiger charge is 2.48. The van der Waals surface area contributed by atoms with Crippen LogP contribution in [0.3, 0.4) is 0 Å². The molecule has 0 bridgehead atoms. The van der Waals surface area contributed by atoms with Crippen LogP contribution in [0.1, 0.15) is 158 Å². The Morgan fingerprint density at radius 1 is 0.396 bits per heavy atom. The summed E-state index contributed by atoms with van der Waals surface area (Å²) in [5.74, 6) is -2.39. The van der Waals surface area contributed by atoms with E-state index in [4.69, 9.17) is 42.6 Å². The molecule has 5 amide bonds. The third-order valence-corrected chi connectivity index (χ3v) is 16.1. The minimum absolute atomic E-state index is 0. The Balaban J connectivity index is 0.0000314. The van der Waals surface area contributed by atoms with Crippen LogP contribution < -0.4 is 26.6 Å². The fourth-order valence-electron chi connectivity index (χ4n) is 11.1. The molecule has 0 spiro atoms. The minimum Gasteiger partial charge on any atom is -0.394 e. The Hall–Kier alpha value is -4.69.